The van der Waals surface area contributed by atoms with Gasteiger partial charge in [0.25, 0.3) is 0 Å². The van der Waals surface area contributed by atoms with Crippen molar-refractivity contribution >= 4 is 11.6 Å². The summed E-state index contributed by atoms with van der Waals surface area (Å²) in [5.74, 6) is 1.42. The van der Waals surface area contributed by atoms with Gasteiger partial charge in [-0.1, -0.05) is 44.7 Å². The summed E-state index contributed by atoms with van der Waals surface area (Å²) in [7, 11) is 0. The van der Waals surface area contributed by atoms with Crippen LogP contribution in [0, 0.1) is 6.92 Å². The molecule has 0 atom stereocenters. The van der Waals surface area contributed by atoms with Crippen LogP contribution in [0.1, 0.15) is 57.3 Å². The smallest absolute Gasteiger partial charge is 0.221 e. The topological polar surface area (TPSA) is 35.0 Å². The van der Waals surface area contributed by atoms with Crippen LogP contribution in [0.4, 0.5) is 0 Å². The number of nitrogens with zero attached hydrogens (tertiary/aromatic N) is 2. The first kappa shape index (κ1) is 15.2. The molecule has 0 spiro atoms. The van der Waals surface area contributed by atoms with Crippen molar-refractivity contribution in [2.45, 2.75) is 59.3 Å². The summed E-state index contributed by atoms with van der Waals surface area (Å²) < 4.78 is 5.72. The number of rotatable bonds is 8. The molecule has 0 aliphatic heterocycles. The Balaban J connectivity index is 2.57. The number of aromatic nitrogens is 2. The molecule has 1 rings (SSSR count). The van der Waals surface area contributed by atoms with Crippen molar-refractivity contribution in [3.05, 3.63) is 16.5 Å². The minimum atomic E-state index is 0.511. The van der Waals surface area contributed by atoms with Crippen molar-refractivity contribution < 1.29 is 4.74 Å². The third-order valence-corrected chi connectivity index (χ3v) is 3.17. The second-order valence-electron chi connectivity index (χ2n) is 4.52. The minimum absolute atomic E-state index is 0.511. The summed E-state index contributed by atoms with van der Waals surface area (Å²) in [4.78, 5) is 8.68. The van der Waals surface area contributed by atoms with Crippen molar-refractivity contribution in [1.82, 2.24) is 9.97 Å². The summed E-state index contributed by atoms with van der Waals surface area (Å²) in [6, 6.07) is 0. The van der Waals surface area contributed by atoms with Crippen LogP contribution in [-0.4, -0.2) is 16.6 Å². The van der Waals surface area contributed by atoms with E-state index < -0.39 is 0 Å². The zero-order chi connectivity index (χ0) is 13.4. The highest BCUT2D eigenvalue weighted by Gasteiger charge is 2.10. The van der Waals surface area contributed by atoms with Crippen LogP contribution in [0.3, 0.4) is 0 Å². The molecule has 0 aliphatic carbocycles. The summed E-state index contributed by atoms with van der Waals surface area (Å²) in [5.41, 5.74) is 0.840. The average Bonchev–Trinajstić information content (AvgIpc) is 2.35. The number of halogens is 1. The van der Waals surface area contributed by atoms with E-state index in [-0.39, 0.29) is 0 Å². The van der Waals surface area contributed by atoms with Gasteiger partial charge in [-0.15, -0.1) is 0 Å². The van der Waals surface area contributed by atoms with Crippen LogP contribution in [0.25, 0.3) is 0 Å². The van der Waals surface area contributed by atoms with Crippen LogP contribution in [0.2, 0.25) is 5.15 Å². The van der Waals surface area contributed by atoms with E-state index in [1.165, 1.54) is 19.3 Å². The number of ether oxygens (including phenoxy) is 1. The fourth-order valence-electron chi connectivity index (χ4n) is 1.69. The van der Waals surface area contributed by atoms with Gasteiger partial charge in [-0.2, -0.15) is 4.98 Å². The Morgan fingerprint density at radius 2 is 1.83 bits per heavy atom. The Morgan fingerprint density at radius 3 is 2.50 bits per heavy atom. The summed E-state index contributed by atoms with van der Waals surface area (Å²) in [5, 5.41) is 0.511. The molecule has 0 saturated carbocycles. The van der Waals surface area contributed by atoms with E-state index in [4.69, 9.17) is 16.3 Å². The average molecular weight is 271 g/mol. The fourth-order valence-corrected chi connectivity index (χ4v) is 1.86. The molecular formula is C14H23ClN2O. The first-order valence-corrected chi connectivity index (χ1v) is 7.22. The van der Waals surface area contributed by atoms with Gasteiger partial charge in [-0.3, -0.25) is 0 Å². The van der Waals surface area contributed by atoms with Crippen molar-refractivity contribution in [2.75, 3.05) is 6.61 Å². The molecule has 0 unspecified atom stereocenters. The lowest BCUT2D eigenvalue weighted by molar-refractivity contribution is 0.290. The zero-order valence-corrected chi connectivity index (χ0v) is 12.4. The normalized spacial score (nSPS) is 10.7. The SMILES string of the molecule is CCCCCCOc1nc(CCC)nc(Cl)c1C. The Labute approximate surface area is 115 Å². The first-order chi connectivity index (χ1) is 8.69. The molecular weight excluding hydrogens is 248 g/mol. The molecule has 0 saturated heterocycles. The molecule has 1 aromatic heterocycles. The van der Waals surface area contributed by atoms with Gasteiger partial charge in [0, 0.05) is 12.0 Å². The maximum atomic E-state index is 6.09. The first-order valence-electron chi connectivity index (χ1n) is 6.84. The van der Waals surface area contributed by atoms with E-state index >= 15 is 0 Å². The third-order valence-electron chi connectivity index (χ3n) is 2.80. The quantitative estimate of drug-likeness (QED) is 0.520. The van der Waals surface area contributed by atoms with Gasteiger partial charge in [-0.25, -0.2) is 4.98 Å². The largest absolute Gasteiger partial charge is 0.477 e. The monoisotopic (exact) mass is 270 g/mol. The lowest BCUT2D eigenvalue weighted by atomic mass is 10.2. The van der Waals surface area contributed by atoms with E-state index in [0.717, 1.165) is 30.7 Å². The zero-order valence-electron chi connectivity index (χ0n) is 11.6. The number of aryl methyl sites for hydroxylation is 1. The van der Waals surface area contributed by atoms with Crippen LogP contribution < -0.4 is 4.74 Å². The van der Waals surface area contributed by atoms with Crippen molar-refractivity contribution in [3.63, 3.8) is 0 Å². The van der Waals surface area contributed by atoms with Crippen molar-refractivity contribution in [2.24, 2.45) is 0 Å². The molecule has 3 nitrogen and oxygen atoms in total. The standard InChI is InChI=1S/C14H23ClN2O/c1-4-6-7-8-10-18-14-11(3)13(15)16-12(17-14)9-5-2/h4-10H2,1-3H3. The highest BCUT2D eigenvalue weighted by Crippen LogP contribution is 2.22. The minimum Gasteiger partial charge on any atom is -0.477 e. The molecule has 0 radical (unpaired) electrons. The molecule has 102 valence electrons. The summed E-state index contributed by atoms with van der Waals surface area (Å²) in [6.45, 7) is 6.91. The molecule has 0 amide bonds. The van der Waals surface area contributed by atoms with Crippen molar-refractivity contribution in [1.29, 1.82) is 0 Å². The van der Waals surface area contributed by atoms with Crippen LogP contribution in [0.15, 0.2) is 0 Å². The molecule has 1 aromatic rings. The second-order valence-corrected chi connectivity index (χ2v) is 4.88. The van der Waals surface area contributed by atoms with Gasteiger partial charge in [0.1, 0.15) is 11.0 Å². The van der Waals surface area contributed by atoms with E-state index in [0.29, 0.717) is 17.6 Å². The van der Waals surface area contributed by atoms with Gasteiger partial charge in [0.05, 0.1) is 6.61 Å². The van der Waals surface area contributed by atoms with E-state index in [1.807, 2.05) is 6.92 Å². The van der Waals surface area contributed by atoms with Crippen LogP contribution >= 0.6 is 11.6 Å². The van der Waals surface area contributed by atoms with Gasteiger partial charge in [0.15, 0.2) is 0 Å². The summed E-state index contributed by atoms with van der Waals surface area (Å²) >= 11 is 6.09. The number of unbranched alkanes of at least 4 members (excludes halogenated alkanes) is 3. The Bertz CT molecular complexity index is 369. The predicted molar refractivity (Wildman–Crippen MR) is 75.4 cm³/mol. The van der Waals surface area contributed by atoms with Crippen LogP contribution in [-0.2, 0) is 6.42 Å². The molecule has 0 bridgehead atoms. The van der Waals surface area contributed by atoms with E-state index in [2.05, 4.69) is 23.8 Å². The molecule has 1 heterocycles. The molecule has 0 fully saturated rings. The number of hydrogen-bond donors (Lipinski definition) is 0. The fraction of sp³-hybridized carbons (Fsp3) is 0.714. The summed E-state index contributed by atoms with van der Waals surface area (Å²) in [6.07, 6.45) is 6.61. The second kappa shape index (κ2) is 8.30. The maximum Gasteiger partial charge on any atom is 0.221 e. The molecule has 0 aliphatic rings. The van der Waals surface area contributed by atoms with Gasteiger partial charge in [-0.05, 0) is 19.8 Å². The predicted octanol–water partition coefficient (Wildman–Crippen LogP) is 4.35. The molecule has 4 heteroatoms. The van der Waals surface area contributed by atoms with E-state index in [9.17, 15) is 0 Å². The van der Waals surface area contributed by atoms with Crippen LogP contribution in [0.5, 0.6) is 5.88 Å². The van der Waals surface area contributed by atoms with Gasteiger partial charge in [0.2, 0.25) is 5.88 Å². The van der Waals surface area contributed by atoms with E-state index in [1.54, 1.807) is 0 Å². The van der Waals surface area contributed by atoms with Gasteiger partial charge < -0.3 is 4.74 Å². The highest BCUT2D eigenvalue weighted by molar-refractivity contribution is 6.30. The van der Waals surface area contributed by atoms with Crippen molar-refractivity contribution in [3.8, 4) is 5.88 Å². The number of hydrogen-bond acceptors (Lipinski definition) is 3. The maximum absolute atomic E-state index is 6.09. The molecule has 0 aromatic carbocycles. The Morgan fingerprint density at radius 1 is 1.06 bits per heavy atom. The lowest BCUT2D eigenvalue weighted by Crippen LogP contribution is -2.05. The lowest BCUT2D eigenvalue weighted by Gasteiger charge is -2.10. The highest BCUT2D eigenvalue weighted by atomic mass is 35.5. The Kier molecular flexibility index (Phi) is 7.02. The molecule has 18 heavy (non-hydrogen) atoms. The molecule has 0 N–H and O–H groups in total. The van der Waals surface area contributed by atoms with Gasteiger partial charge >= 0.3 is 0 Å². The Hall–Kier alpha value is -0.830. The third kappa shape index (κ3) is 4.81.